The first-order valence-corrected chi connectivity index (χ1v) is 7.67. The van der Waals surface area contributed by atoms with Gasteiger partial charge in [-0.25, -0.2) is 0 Å². The van der Waals surface area contributed by atoms with Crippen LogP contribution in [0.2, 0.25) is 0 Å². The van der Waals surface area contributed by atoms with Gasteiger partial charge in [0.1, 0.15) is 0 Å². The third-order valence-corrected chi connectivity index (χ3v) is 4.44. The average molecular weight is 273 g/mol. The minimum Gasteiger partial charge on any atom is -0.381 e. The number of amides is 1. The lowest BCUT2D eigenvalue weighted by Gasteiger charge is -2.22. The van der Waals surface area contributed by atoms with Crippen molar-refractivity contribution in [3.63, 3.8) is 0 Å². The monoisotopic (exact) mass is 273 g/mol. The molecule has 0 aliphatic carbocycles. The van der Waals surface area contributed by atoms with Crippen molar-refractivity contribution in [3.05, 3.63) is 29.8 Å². The van der Waals surface area contributed by atoms with Crippen molar-refractivity contribution in [2.45, 2.75) is 38.3 Å². The van der Waals surface area contributed by atoms with Gasteiger partial charge in [0, 0.05) is 36.4 Å². The first-order valence-electron chi connectivity index (χ1n) is 7.67. The molecule has 108 valence electrons. The van der Waals surface area contributed by atoms with Crippen LogP contribution in [0.5, 0.6) is 0 Å². The van der Waals surface area contributed by atoms with E-state index in [2.05, 4.69) is 15.5 Å². The Morgan fingerprint density at radius 2 is 2.05 bits per heavy atom. The van der Waals surface area contributed by atoms with Crippen LogP contribution in [0.1, 0.15) is 36.5 Å². The molecule has 0 spiro atoms. The van der Waals surface area contributed by atoms with Crippen LogP contribution in [-0.2, 0) is 0 Å². The number of hydrogen-bond acceptors (Lipinski definition) is 3. The van der Waals surface area contributed by atoms with Gasteiger partial charge in [-0.1, -0.05) is 0 Å². The van der Waals surface area contributed by atoms with Crippen molar-refractivity contribution in [2.75, 3.05) is 25.0 Å². The van der Waals surface area contributed by atoms with Gasteiger partial charge >= 0.3 is 0 Å². The number of rotatable bonds is 4. The maximum atomic E-state index is 11.7. The summed E-state index contributed by atoms with van der Waals surface area (Å²) in [5.74, 6) is 0.00174. The number of nitrogens with zero attached hydrogens (tertiary/aromatic N) is 1. The van der Waals surface area contributed by atoms with E-state index in [9.17, 15) is 4.79 Å². The lowest BCUT2D eigenvalue weighted by molar-refractivity contribution is 0.0956. The van der Waals surface area contributed by atoms with Gasteiger partial charge in [0.2, 0.25) is 0 Å². The quantitative estimate of drug-likeness (QED) is 0.883. The van der Waals surface area contributed by atoms with E-state index in [1.807, 2.05) is 31.2 Å². The molecule has 2 unspecified atom stereocenters. The van der Waals surface area contributed by atoms with Crippen molar-refractivity contribution in [1.82, 2.24) is 10.2 Å². The normalized spacial score (nSPS) is 25.4. The second-order valence-electron chi connectivity index (χ2n) is 5.72. The van der Waals surface area contributed by atoms with E-state index in [1.54, 1.807) is 0 Å². The van der Waals surface area contributed by atoms with Crippen LogP contribution in [-0.4, -0.2) is 42.5 Å². The van der Waals surface area contributed by atoms with Crippen molar-refractivity contribution in [3.8, 4) is 0 Å². The molecule has 2 aliphatic rings. The maximum Gasteiger partial charge on any atom is 0.251 e. The highest BCUT2D eigenvalue weighted by Gasteiger charge is 2.36. The molecular weight excluding hydrogens is 250 g/mol. The van der Waals surface area contributed by atoms with Gasteiger partial charge in [-0.05, 0) is 57.0 Å². The summed E-state index contributed by atoms with van der Waals surface area (Å²) in [6.07, 6.45) is 3.87. The van der Waals surface area contributed by atoms with Gasteiger partial charge in [-0.3, -0.25) is 9.69 Å². The SMILES string of the molecule is CCNC(=O)c1ccc(NC2CCN3CCCC23)cc1. The predicted octanol–water partition coefficient (Wildman–Crippen LogP) is 2.08. The Hall–Kier alpha value is -1.55. The highest BCUT2D eigenvalue weighted by atomic mass is 16.1. The number of anilines is 1. The summed E-state index contributed by atoms with van der Waals surface area (Å²) in [5.41, 5.74) is 1.85. The lowest BCUT2D eigenvalue weighted by Crippen LogP contribution is -2.33. The van der Waals surface area contributed by atoms with E-state index < -0.39 is 0 Å². The number of benzene rings is 1. The van der Waals surface area contributed by atoms with Crippen LogP contribution >= 0.6 is 0 Å². The van der Waals surface area contributed by atoms with Gasteiger partial charge in [0.15, 0.2) is 0 Å². The number of nitrogens with one attached hydrogen (secondary N) is 2. The standard InChI is InChI=1S/C16H23N3O/c1-2-17-16(20)12-5-7-13(8-6-12)18-14-9-11-19-10-3-4-15(14)19/h5-8,14-15,18H,2-4,9-11H2,1H3,(H,17,20). The molecule has 4 nitrogen and oxygen atoms in total. The van der Waals surface area contributed by atoms with Crippen LogP contribution in [0.3, 0.4) is 0 Å². The van der Waals surface area contributed by atoms with Crippen LogP contribution in [0, 0.1) is 0 Å². The number of carbonyl (C=O) groups excluding carboxylic acids is 1. The van der Waals surface area contributed by atoms with Crippen molar-refractivity contribution in [1.29, 1.82) is 0 Å². The minimum atomic E-state index is 0.00174. The van der Waals surface area contributed by atoms with Crippen molar-refractivity contribution in [2.24, 2.45) is 0 Å². The predicted molar refractivity (Wildman–Crippen MR) is 81.1 cm³/mol. The molecule has 1 aromatic rings. The van der Waals surface area contributed by atoms with Crippen LogP contribution < -0.4 is 10.6 Å². The van der Waals surface area contributed by atoms with Gasteiger partial charge in [0.25, 0.3) is 5.91 Å². The summed E-state index contributed by atoms with van der Waals surface area (Å²) >= 11 is 0. The summed E-state index contributed by atoms with van der Waals surface area (Å²) < 4.78 is 0. The van der Waals surface area contributed by atoms with Crippen molar-refractivity contribution >= 4 is 11.6 Å². The van der Waals surface area contributed by atoms with Gasteiger partial charge in [-0.2, -0.15) is 0 Å². The molecule has 2 fully saturated rings. The fraction of sp³-hybridized carbons (Fsp3) is 0.562. The largest absolute Gasteiger partial charge is 0.381 e. The lowest BCUT2D eigenvalue weighted by atomic mass is 10.1. The Bertz CT molecular complexity index is 471. The highest BCUT2D eigenvalue weighted by molar-refractivity contribution is 5.94. The fourth-order valence-corrected chi connectivity index (χ4v) is 3.45. The molecule has 0 bridgehead atoms. The van der Waals surface area contributed by atoms with Gasteiger partial charge in [-0.15, -0.1) is 0 Å². The van der Waals surface area contributed by atoms with Crippen molar-refractivity contribution < 1.29 is 4.79 Å². The Balaban J connectivity index is 1.62. The number of hydrogen-bond donors (Lipinski definition) is 2. The Morgan fingerprint density at radius 1 is 1.25 bits per heavy atom. The molecule has 1 amide bonds. The van der Waals surface area contributed by atoms with E-state index >= 15 is 0 Å². The zero-order valence-electron chi connectivity index (χ0n) is 12.1. The minimum absolute atomic E-state index is 0.00174. The van der Waals surface area contributed by atoms with Gasteiger partial charge in [0.05, 0.1) is 0 Å². The zero-order valence-corrected chi connectivity index (χ0v) is 12.1. The van der Waals surface area contributed by atoms with Crippen LogP contribution in [0.15, 0.2) is 24.3 Å². The van der Waals surface area contributed by atoms with E-state index in [-0.39, 0.29) is 5.91 Å². The maximum absolute atomic E-state index is 11.7. The molecule has 3 rings (SSSR count). The van der Waals surface area contributed by atoms with Crippen LogP contribution in [0.4, 0.5) is 5.69 Å². The third-order valence-electron chi connectivity index (χ3n) is 4.44. The molecule has 2 heterocycles. The summed E-state index contributed by atoms with van der Waals surface area (Å²) in [6, 6.07) is 9.10. The number of carbonyl (C=O) groups is 1. The van der Waals surface area contributed by atoms with E-state index in [4.69, 9.17) is 0 Å². The molecule has 4 heteroatoms. The second-order valence-corrected chi connectivity index (χ2v) is 5.72. The zero-order chi connectivity index (χ0) is 13.9. The third kappa shape index (κ3) is 2.66. The highest BCUT2D eigenvalue weighted by Crippen LogP contribution is 2.30. The second kappa shape index (κ2) is 5.83. The van der Waals surface area contributed by atoms with E-state index in [0.717, 1.165) is 11.3 Å². The molecular formula is C16H23N3O. The average Bonchev–Trinajstić information content (AvgIpc) is 3.05. The molecule has 20 heavy (non-hydrogen) atoms. The van der Waals surface area contributed by atoms with E-state index in [0.29, 0.717) is 18.6 Å². The Labute approximate surface area is 120 Å². The number of fused-ring (bicyclic) bond motifs is 1. The summed E-state index contributed by atoms with van der Waals surface area (Å²) in [7, 11) is 0. The molecule has 2 atom stereocenters. The smallest absolute Gasteiger partial charge is 0.251 e. The first-order chi connectivity index (χ1) is 9.78. The Kier molecular flexibility index (Phi) is 3.92. The molecule has 2 N–H and O–H groups in total. The fourth-order valence-electron chi connectivity index (χ4n) is 3.45. The molecule has 2 saturated heterocycles. The molecule has 0 radical (unpaired) electrons. The molecule has 0 aromatic heterocycles. The summed E-state index contributed by atoms with van der Waals surface area (Å²) in [5, 5.41) is 6.46. The molecule has 1 aromatic carbocycles. The van der Waals surface area contributed by atoms with E-state index in [1.165, 1.54) is 32.4 Å². The Morgan fingerprint density at radius 3 is 2.80 bits per heavy atom. The first kappa shape index (κ1) is 13.4. The molecule has 2 aliphatic heterocycles. The van der Waals surface area contributed by atoms with Gasteiger partial charge < -0.3 is 10.6 Å². The summed E-state index contributed by atoms with van der Waals surface area (Å²) in [6.45, 7) is 5.08. The van der Waals surface area contributed by atoms with Crippen LogP contribution in [0.25, 0.3) is 0 Å². The topological polar surface area (TPSA) is 44.4 Å². The molecule has 0 saturated carbocycles. The summed E-state index contributed by atoms with van der Waals surface area (Å²) in [4.78, 5) is 14.3.